The molecule has 0 amide bonds. The molecule has 0 fully saturated rings. The Morgan fingerprint density at radius 1 is 1.44 bits per heavy atom. The van der Waals surface area contributed by atoms with Gasteiger partial charge in [0.1, 0.15) is 5.02 Å². The topological polar surface area (TPSA) is 49.8 Å². The predicted octanol–water partition coefficient (Wildman–Crippen LogP) is 3.41. The first-order valence-corrected chi connectivity index (χ1v) is 6.99. The summed E-state index contributed by atoms with van der Waals surface area (Å²) in [5.74, 6) is 1.22. The van der Waals surface area contributed by atoms with Gasteiger partial charge in [-0.1, -0.05) is 18.5 Å². The molecule has 0 aliphatic rings. The summed E-state index contributed by atoms with van der Waals surface area (Å²) in [5, 5.41) is 8.78. The van der Waals surface area contributed by atoms with E-state index in [4.69, 9.17) is 11.6 Å². The van der Waals surface area contributed by atoms with Crippen LogP contribution < -0.4 is 10.6 Å². The van der Waals surface area contributed by atoms with Gasteiger partial charge in [0.15, 0.2) is 5.82 Å². The molecular weight excluding hydrogens is 268 g/mol. The van der Waals surface area contributed by atoms with Crippen molar-refractivity contribution in [3.8, 4) is 0 Å². The van der Waals surface area contributed by atoms with E-state index in [9.17, 15) is 0 Å². The maximum atomic E-state index is 6.06. The van der Waals surface area contributed by atoms with Gasteiger partial charge in [-0.3, -0.25) is 0 Å². The third-order valence-corrected chi connectivity index (χ3v) is 3.84. The highest BCUT2D eigenvalue weighted by atomic mass is 35.5. The summed E-state index contributed by atoms with van der Waals surface area (Å²) in [5.41, 5.74) is 1.37. The zero-order chi connectivity index (χ0) is 13.0. The van der Waals surface area contributed by atoms with Crippen molar-refractivity contribution in [1.29, 1.82) is 0 Å². The zero-order valence-electron chi connectivity index (χ0n) is 10.3. The Morgan fingerprint density at radius 2 is 2.28 bits per heavy atom. The molecule has 0 atom stereocenters. The van der Waals surface area contributed by atoms with E-state index in [-0.39, 0.29) is 0 Å². The van der Waals surface area contributed by atoms with Crippen LogP contribution in [0.4, 0.5) is 11.8 Å². The number of nitrogens with zero attached hydrogens (tertiary/aromatic N) is 2. The van der Waals surface area contributed by atoms with Gasteiger partial charge in [-0.05, 0) is 23.4 Å². The van der Waals surface area contributed by atoms with Gasteiger partial charge >= 0.3 is 0 Å². The summed E-state index contributed by atoms with van der Waals surface area (Å²) in [7, 11) is 1.78. The predicted molar refractivity (Wildman–Crippen MR) is 77.6 cm³/mol. The lowest BCUT2D eigenvalue weighted by molar-refractivity contribution is 1.05. The number of hydrogen-bond acceptors (Lipinski definition) is 5. The smallest absolute Gasteiger partial charge is 0.224 e. The van der Waals surface area contributed by atoms with E-state index in [0.717, 1.165) is 13.0 Å². The molecule has 6 heteroatoms. The Hall–Kier alpha value is -1.33. The zero-order valence-corrected chi connectivity index (χ0v) is 11.9. The van der Waals surface area contributed by atoms with Crippen LogP contribution in [0.2, 0.25) is 5.02 Å². The number of halogens is 1. The number of rotatable bonds is 5. The van der Waals surface area contributed by atoms with Crippen LogP contribution in [0.1, 0.15) is 17.4 Å². The second-order valence-corrected chi connectivity index (χ2v) is 5.12. The highest BCUT2D eigenvalue weighted by Crippen LogP contribution is 2.22. The third-order valence-electron chi connectivity index (χ3n) is 2.60. The van der Waals surface area contributed by atoms with Gasteiger partial charge in [-0.15, -0.1) is 11.3 Å². The molecule has 0 bridgehead atoms. The van der Waals surface area contributed by atoms with E-state index in [1.165, 1.54) is 10.4 Å². The lowest BCUT2D eigenvalue weighted by Crippen LogP contribution is -2.05. The Bertz CT molecular complexity index is 527. The second kappa shape index (κ2) is 6.02. The van der Waals surface area contributed by atoms with Crippen LogP contribution in [-0.4, -0.2) is 17.0 Å². The molecule has 0 spiro atoms. The van der Waals surface area contributed by atoms with Crippen LogP contribution in [0.25, 0.3) is 0 Å². The number of thiophene rings is 1. The van der Waals surface area contributed by atoms with E-state index in [0.29, 0.717) is 16.8 Å². The molecule has 4 nitrogen and oxygen atoms in total. The van der Waals surface area contributed by atoms with Crippen LogP contribution in [0.3, 0.4) is 0 Å². The van der Waals surface area contributed by atoms with Crippen molar-refractivity contribution < 1.29 is 0 Å². The molecule has 0 radical (unpaired) electrons. The van der Waals surface area contributed by atoms with E-state index >= 15 is 0 Å². The maximum absolute atomic E-state index is 6.06. The van der Waals surface area contributed by atoms with Gasteiger partial charge in [0.05, 0.1) is 12.7 Å². The molecular formula is C12H15ClN4S. The largest absolute Gasteiger partial charge is 0.364 e. The van der Waals surface area contributed by atoms with Gasteiger partial charge in [0, 0.05) is 11.9 Å². The molecule has 2 aromatic heterocycles. The Balaban J connectivity index is 2.10. The Labute approximate surface area is 115 Å². The normalized spacial score (nSPS) is 10.4. The summed E-state index contributed by atoms with van der Waals surface area (Å²) in [6.45, 7) is 2.89. The summed E-state index contributed by atoms with van der Waals surface area (Å²) >= 11 is 7.80. The van der Waals surface area contributed by atoms with Crippen LogP contribution in [-0.2, 0) is 13.0 Å². The van der Waals surface area contributed by atoms with Crippen molar-refractivity contribution in [2.75, 3.05) is 17.7 Å². The van der Waals surface area contributed by atoms with Gasteiger partial charge in [0.2, 0.25) is 5.95 Å². The van der Waals surface area contributed by atoms with Crippen molar-refractivity contribution in [3.05, 3.63) is 33.1 Å². The first-order chi connectivity index (χ1) is 8.74. The first-order valence-electron chi connectivity index (χ1n) is 5.74. The minimum atomic E-state index is 0.531. The van der Waals surface area contributed by atoms with Gasteiger partial charge in [-0.2, -0.15) is 4.98 Å². The van der Waals surface area contributed by atoms with Crippen LogP contribution >= 0.6 is 22.9 Å². The number of hydrogen-bond donors (Lipinski definition) is 2. The highest BCUT2D eigenvalue weighted by Gasteiger charge is 2.06. The standard InChI is InChI=1S/C12H15ClN4S/c1-3-8-4-5-18-10(8)7-15-11-9(13)6-16-12(14-2)17-11/h4-6H,3,7H2,1-2H3,(H2,14,15,16,17). The first kappa shape index (κ1) is 13.1. The molecule has 0 saturated carbocycles. The minimum Gasteiger partial charge on any atom is -0.364 e. The van der Waals surface area contributed by atoms with Crippen LogP contribution in [0, 0.1) is 0 Å². The minimum absolute atomic E-state index is 0.531. The molecule has 0 aliphatic carbocycles. The molecule has 18 heavy (non-hydrogen) atoms. The second-order valence-electron chi connectivity index (χ2n) is 3.72. The monoisotopic (exact) mass is 282 g/mol. The van der Waals surface area contributed by atoms with Crippen molar-refractivity contribution in [2.45, 2.75) is 19.9 Å². The molecule has 2 heterocycles. The summed E-state index contributed by atoms with van der Waals surface area (Å²) < 4.78 is 0. The molecule has 0 aromatic carbocycles. The fraction of sp³-hybridized carbons (Fsp3) is 0.333. The van der Waals surface area contributed by atoms with Crippen molar-refractivity contribution >= 4 is 34.7 Å². The fourth-order valence-corrected chi connectivity index (χ4v) is 2.69. The molecule has 96 valence electrons. The molecule has 2 aromatic rings. The Kier molecular flexibility index (Phi) is 4.38. The number of aromatic nitrogens is 2. The van der Waals surface area contributed by atoms with Gasteiger partial charge < -0.3 is 10.6 Å². The van der Waals surface area contributed by atoms with E-state index in [1.54, 1.807) is 24.6 Å². The van der Waals surface area contributed by atoms with Gasteiger partial charge in [0.25, 0.3) is 0 Å². The number of nitrogens with one attached hydrogen (secondary N) is 2. The summed E-state index contributed by atoms with van der Waals surface area (Å²) in [6, 6.07) is 2.16. The average molecular weight is 283 g/mol. The molecule has 0 unspecified atom stereocenters. The third kappa shape index (κ3) is 2.91. The quantitative estimate of drug-likeness (QED) is 0.882. The highest BCUT2D eigenvalue weighted by molar-refractivity contribution is 7.10. The molecule has 0 aliphatic heterocycles. The number of aryl methyl sites for hydroxylation is 1. The van der Waals surface area contributed by atoms with E-state index in [1.807, 2.05) is 0 Å². The molecule has 2 rings (SSSR count). The van der Waals surface area contributed by atoms with Crippen LogP contribution in [0.15, 0.2) is 17.6 Å². The fourth-order valence-electron chi connectivity index (χ4n) is 1.61. The average Bonchev–Trinajstić information content (AvgIpc) is 2.85. The van der Waals surface area contributed by atoms with E-state index < -0.39 is 0 Å². The summed E-state index contributed by atoms with van der Waals surface area (Å²) in [4.78, 5) is 9.65. The SMILES string of the molecule is CCc1ccsc1CNc1nc(NC)ncc1Cl. The Morgan fingerprint density at radius 3 is 3.00 bits per heavy atom. The molecule has 0 saturated heterocycles. The van der Waals surface area contributed by atoms with Crippen molar-refractivity contribution in [1.82, 2.24) is 9.97 Å². The molecule has 2 N–H and O–H groups in total. The number of anilines is 2. The summed E-state index contributed by atoms with van der Waals surface area (Å²) in [6.07, 6.45) is 2.64. The van der Waals surface area contributed by atoms with Crippen LogP contribution in [0.5, 0.6) is 0 Å². The lowest BCUT2D eigenvalue weighted by atomic mass is 10.2. The van der Waals surface area contributed by atoms with Crippen molar-refractivity contribution in [2.24, 2.45) is 0 Å². The lowest BCUT2D eigenvalue weighted by Gasteiger charge is -2.08. The van der Waals surface area contributed by atoms with Gasteiger partial charge in [-0.25, -0.2) is 4.98 Å². The van der Waals surface area contributed by atoms with E-state index in [2.05, 4.69) is 39.0 Å². The maximum Gasteiger partial charge on any atom is 0.224 e. The van der Waals surface area contributed by atoms with Crippen molar-refractivity contribution in [3.63, 3.8) is 0 Å².